The van der Waals surface area contributed by atoms with Crippen LogP contribution in [0, 0.1) is 0 Å². The molecule has 1 aromatic carbocycles. The number of rotatable bonds is 6. The summed E-state index contributed by atoms with van der Waals surface area (Å²) in [5.74, 6) is -1.52. The van der Waals surface area contributed by atoms with Gasteiger partial charge in [-0.25, -0.2) is 34.7 Å². The van der Waals surface area contributed by atoms with Crippen molar-refractivity contribution in [3.8, 4) is 0 Å². The Hall–Kier alpha value is -5.38. The molecule has 5 N–H and O–H groups in total. The Balaban J connectivity index is 0.000000211. The van der Waals surface area contributed by atoms with Crippen LogP contribution in [0.25, 0.3) is 22.3 Å². The molecule has 5 aromatic rings. The van der Waals surface area contributed by atoms with Crippen molar-refractivity contribution in [2.75, 3.05) is 5.73 Å². The zero-order chi connectivity index (χ0) is 39.5. The lowest BCUT2D eigenvalue weighted by Crippen LogP contribution is -2.62. The van der Waals surface area contributed by atoms with E-state index in [-0.39, 0.29) is 25.8 Å². The van der Waals surface area contributed by atoms with Crippen LogP contribution in [0.5, 0.6) is 0 Å². The number of aliphatic hydroxyl groups is 3. The molecule has 4 aliphatic rings. The number of benzene rings is 1. The maximum atomic E-state index is 12.8. The van der Waals surface area contributed by atoms with Crippen LogP contribution >= 0.6 is 11.6 Å². The Kier molecular flexibility index (Phi) is 11.7. The van der Waals surface area contributed by atoms with Crippen molar-refractivity contribution in [2.24, 2.45) is 0 Å². The van der Waals surface area contributed by atoms with Gasteiger partial charge >= 0.3 is 17.9 Å². The number of nitrogens with zero attached hydrogens (tertiary/aromatic N) is 8. The number of nitrogen functional groups attached to an aromatic ring is 1. The first-order chi connectivity index (χ1) is 26.8. The molecule has 21 heteroatoms. The van der Waals surface area contributed by atoms with Gasteiger partial charge in [-0.3, -0.25) is 18.7 Å². The van der Waals surface area contributed by atoms with Crippen LogP contribution in [-0.4, -0.2) is 120 Å². The van der Waals surface area contributed by atoms with Crippen molar-refractivity contribution in [3.05, 3.63) is 66.4 Å². The van der Waals surface area contributed by atoms with E-state index in [9.17, 15) is 29.7 Å². The summed E-state index contributed by atoms with van der Waals surface area (Å²) < 4.78 is 32.3. The maximum Gasteiger partial charge on any atom is 0.338 e. The fourth-order valence-corrected chi connectivity index (χ4v) is 7.91. The number of nitrogens with two attached hydrogens (primary N) is 1. The van der Waals surface area contributed by atoms with E-state index in [0.717, 1.165) is 0 Å². The number of halogens is 1. The molecule has 9 rings (SSSR count). The van der Waals surface area contributed by atoms with Gasteiger partial charge in [-0.15, -0.1) is 0 Å². The number of imidazole rings is 2. The summed E-state index contributed by atoms with van der Waals surface area (Å²) in [6.07, 6.45) is -0.563. The molecular weight excluding hydrogens is 782 g/mol. The van der Waals surface area contributed by atoms with E-state index < -0.39 is 78.2 Å². The third-order valence-electron chi connectivity index (χ3n) is 10.7. The average Bonchev–Trinajstić information content (AvgIpc) is 3.94. The maximum absolute atomic E-state index is 12.8. The second kappa shape index (κ2) is 16.1. The molecule has 4 aromatic heterocycles. The zero-order valence-electron chi connectivity index (χ0n) is 29.8. The number of hydrogen-bond donors (Lipinski definition) is 4. The van der Waals surface area contributed by atoms with Crippen molar-refractivity contribution >= 4 is 57.7 Å². The van der Waals surface area contributed by atoms with Gasteiger partial charge in [-0.1, -0.05) is 44.7 Å². The number of carbonyl (C=O) groups is 3. The predicted octanol–water partition coefficient (Wildman–Crippen LogP) is 2.45. The number of aromatic nitrogens is 8. The topological polar surface area (TPSA) is 271 Å². The first-order valence-corrected chi connectivity index (χ1v) is 18.0. The predicted molar refractivity (Wildman–Crippen MR) is 202 cm³/mol. The van der Waals surface area contributed by atoms with Gasteiger partial charge in [-0.05, 0) is 37.8 Å². The molecule has 0 bridgehead atoms. The van der Waals surface area contributed by atoms with E-state index in [1.807, 2.05) is 0 Å². The number of fused-ring (bicyclic) bond motifs is 2. The van der Waals surface area contributed by atoms with Gasteiger partial charge in [0.25, 0.3) is 0 Å². The molecule has 2 aliphatic heterocycles. The van der Waals surface area contributed by atoms with Gasteiger partial charge in [0.2, 0.25) is 0 Å². The normalized spacial score (nSPS) is 30.7. The van der Waals surface area contributed by atoms with Gasteiger partial charge in [0.05, 0.1) is 24.3 Å². The second-order valence-corrected chi connectivity index (χ2v) is 14.2. The van der Waals surface area contributed by atoms with Crippen LogP contribution < -0.4 is 5.73 Å². The summed E-state index contributed by atoms with van der Waals surface area (Å²) in [5, 5.41) is 30.5. The van der Waals surface area contributed by atoms with Crippen LogP contribution in [-0.2, 0) is 33.3 Å². The molecule has 10 atom stereocenters. The Labute approximate surface area is 336 Å². The van der Waals surface area contributed by atoms with Crippen molar-refractivity contribution < 1.29 is 53.4 Å². The van der Waals surface area contributed by atoms with Crippen LogP contribution in [0.2, 0.25) is 5.15 Å². The van der Waals surface area contributed by atoms with Crippen LogP contribution in [0.15, 0.2) is 55.6 Å². The highest BCUT2D eigenvalue weighted by molar-refractivity contribution is 6.33. The number of aliphatic hydroxyl groups excluding tert-OH is 3. The molecule has 2 aliphatic carbocycles. The first kappa shape index (κ1) is 42.2. The van der Waals surface area contributed by atoms with E-state index in [1.165, 1.54) is 48.3 Å². The highest BCUT2D eigenvalue weighted by atomic mass is 35.5. The summed E-state index contributed by atoms with van der Waals surface area (Å²) >= 11 is 6.15. The molecular formula is C37H44ClN9O11. The highest BCUT2D eigenvalue weighted by Crippen LogP contribution is 2.53. The molecule has 58 heavy (non-hydrogen) atoms. The SMILES string of the molecule is C.C.CC(=O)OC1[C@H](n2cnc3c(Cl)ncnc32)O[C@@]2(CC[C@@H]2OC(=O)c2ccccc2)[C@@H]1OC(C)=O.Nc1ncnc2c1ncn2[C@@H]1O[C@@]2(CC[C@@H]2O)[C@H](O)C1O. The Bertz CT molecular complexity index is 2310. The molecule has 4 fully saturated rings. The average molecular weight is 826 g/mol. The number of esters is 3. The van der Waals surface area contributed by atoms with Crippen molar-refractivity contribution in [3.63, 3.8) is 0 Å². The molecule has 0 amide bonds. The highest BCUT2D eigenvalue weighted by Gasteiger charge is 2.68. The lowest BCUT2D eigenvalue weighted by Gasteiger charge is -2.47. The van der Waals surface area contributed by atoms with E-state index in [2.05, 4.69) is 29.9 Å². The fourth-order valence-electron chi connectivity index (χ4n) is 7.73. The summed E-state index contributed by atoms with van der Waals surface area (Å²) in [5.41, 5.74) is 5.21. The van der Waals surface area contributed by atoms with Gasteiger partial charge in [0.15, 0.2) is 46.9 Å². The summed E-state index contributed by atoms with van der Waals surface area (Å²) in [6.45, 7) is 2.49. The Morgan fingerprint density at radius 1 is 0.793 bits per heavy atom. The molecule has 2 unspecified atom stereocenters. The third-order valence-corrected chi connectivity index (χ3v) is 11.0. The summed E-state index contributed by atoms with van der Waals surface area (Å²) in [6, 6.07) is 8.52. The first-order valence-electron chi connectivity index (χ1n) is 17.6. The quantitative estimate of drug-likeness (QED) is 0.109. The molecule has 0 radical (unpaired) electrons. The molecule has 2 saturated heterocycles. The lowest BCUT2D eigenvalue weighted by molar-refractivity contribution is -0.221. The number of ether oxygens (including phenoxy) is 5. The minimum atomic E-state index is -1.24. The second-order valence-electron chi connectivity index (χ2n) is 13.9. The van der Waals surface area contributed by atoms with Gasteiger partial charge in [0.1, 0.15) is 53.2 Å². The third kappa shape index (κ3) is 6.88. The lowest BCUT2D eigenvalue weighted by atomic mass is 9.72. The summed E-state index contributed by atoms with van der Waals surface area (Å²) in [4.78, 5) is 61.4. The number of carbonyl (C=O) groups excluding carboxylic acids is 3. The van der Waals surface area contributed by atoms with Crippen molar-refractivity contribution in [1.82, 2.24) is 39.0 Å². The molecule has 2 spiro atoms. The number of hydrogen-bond acceptors (Lipinski definition) is 18. The van der Waals surface area contributed by atoms with Gasteiger partial charge in [0, 0.05) is 13.8 Å². The Morgan fingerprint density at radius 2 is 1.40 bits per heavy atom. The molecule has 2 saturated carbocycles. The zero-order valence-corrected chi connectivity index (χ0v) is 30.5. The fraction of sp³-hybridized carbons (Fsp3) is 0.486. The Morgan fingerprint density at radius 3 is 1.98 bits per heavy atom. The van der Waals surface area contributed by atoms with Crippen LogP contribution in [0.1, 0.15) is 77.2 Å². The van der Waals surface area contributed by atoms with E-state index in [1.54, 1.807) is 30.3 Å². The van der Waals surface area contributed by atoms with E-state index in [0.29, 0.717) is 53.6 Å². The summed E-state index contributed by atoms with van der Waals surface area (Å²) in [7, 11) is 0. The van der Waals surface area contributed by atoms with Crippen LogP contribution in [0.3, 0.4) is 0 Å². The largest absolute Gasteiger partial charge is 0.456 e. The van der Waals surface area contributed by atoms with Crippen molar-refractivity contribution in [1.29, 1.82) is 0 Å². The van der Waals surface area contributed by atoms with Gasteiger partial charge in [-0.2, -0.15) is 0 Å². The molecule has 20 nitrogen and oxygen atoms in total. The minimum Gasteiger partial charge on any atom is -0.456 e. The monoisotopic (exact) mass is 825 g/mol. The standard InChI is InChI=1S/C23H21ClN4O7.C12H15N5O4.2CH4/c1-12(29)32-17-18(33-13(2)30)23(9-8-15(23)34-22(31)14-6-4-3-5-7-14)35-21(17)28-11-27-16-19(24)25-10-26-20(16)28;13-9-6-10(15-3-14-9)17(4-16-6)11-7(19)8(20)12(21-11)2-1-5(12)18;;/h3-7,10-11,15,17-18,21H,8-9H2,1-2H3;3-5,7-8,11,18-20H,1-2H2,(H2,13,14,15);2*1H4/t15-,17?,18+,21+,23+;5-,7?,8+,11+,12+;;/m00../s1. The molecule has 310 valence electrons. The van der Waals surface area contributed by atoms with E-state index in [4.69, 9.17) is 41.0 Å². The molecule has 6 heterocycles. The van der Waals surface area contributed by atoms with Crippen LogP contribution in [0.4, 0.5) is 5.82 Å². The number of anilines is 1. The minimum absolute atomic E-state index is 0. The smallest absolute Gasteiger partial charge is 0.338 e. The van der Waals surface area contributed by atoms with E-state index >= 15 is 0 Å². The van der Waals surface area contributed by atoms with Crippen molar-refractivity contribution in [2.45, 2.75) is 115 Å². The van der Waals surface area contributed by atoms with Gasteiger partial charge < -0.3 is 44.7 Å².